The van der Waals surface area contributed by atoms with Gasteiger partial charge in [-0.2, -0.15) is 0 Å². The molecule has 2 aliphatic heterocycles. The number of nitrogens with two attached hydrogens (primary N) is 1. The van der Waals surface area contributed by atoms with Crippen molar-refractivity contribution >= 4 is 34.7 Å². The largest absolute Gasteiger partial charge is 0.488 e. The third-order valence-corrected chi connectivity index (χ3v) is 8.22. The summed E-state index contributed by atoms with van der Waals surface area (Å²) in [7, 11) is 2.21. The van der Waals surface area contributed by atoms with E-state index in [4.69, 9.17) is 22.1 Å². The summed E-state index contributed by atoms with van der Waals surface area (Å²) in [4.78, 5) is 28.3. The topological polar surface area (TPSA) is 99.8 Å². The van der Waals surface area contributed by atoms with Gasteiger partial charge in [-0.3, -0.25) is 9.69 Å². The van der Waals surface area contributed by atoms with Gasteiger partial charge in [-0.1, -0.05) is 18.5 Å². The molecular formula is C27H38ClN7O2. The van der Waals surface area contributed by atoms with Crippen molar-refractivity contribution in [3.63, 3.8) is 0 Å². The normalized spacial score (nSPS) is 20.0. The number of piperidine rings is 1. The highest BCUT2D eigenvalue weighted by Gasteiger charge is 2.29. The van der Waals surface area contributed by atoms with Crippen molar-refractivity contribution in [3.05, 3.63) is 34.7 Å². The van der Waals surface area contributed by atoms with Gasteiger partial charge in [-0.25, -0.2) is 9.97 Å². The Morgan fingerprint density at radius 3 is 2.46 bits per heavy atom. The molecule has 37 heavy (non-hydrogen) atoms. The van der Waals surface area contributed by atoms with E-state index < -0.39 is 5.91 Å². The molecule has 1 aromatic carbocycles. The van der Waals surface area contributed by atoms with Crippen molar-refractivity contribution in [3.8, 4) is 5.75 Å². The Hall–Kier alpha value is -2.62. The van der Waals surface area contributed by atoms with Crippen LogP contribution in [0.5, 0.6) is 5.75 Å². The van der Waals surface area contributed by atoms with Crippen molar-refractivity contribution in [2.45, 2.75) is 57.6 Å². The van der Waals surface area contributed by atoms with Crippen molar-refractivity contribution in [1.29, 1.82) is 0 Å². The van der Waals surface area contributed by atoms with E-state index in [1.54, 1.807) is 0 Å². The van der Waals surface area contributed by atoms with Crippen molar-refractivity contribution in [1.82, 2.24) is 19.8 Å². The van der Waals surface area contributed by atoms with E-state index in [1.807, 2.05) is 19.1 Å². The molecule has 3 aliphatic rings. The second-order valence-electron chi connectivity index (χ2n) is 10.4. The molecule has 200 valence electrons. The smallest absolute Gasteiger partial charge is 0.271 e. The number of ether oxygens (including phenoxy) is 1. The van der Waals surface area contributed by atoms with Crippen LogP contribution in [0, 0.1) is 0 Å². The van der Waals surface area contributed by atoms with Gasteiger partial charge in [0.15, 0.2) is 16.7 Å². The van der Waals surface area contributed by atoms with E-state index >= 15 is 0 Å². The number of anilines is 3. The number of piperazine rings is 1. The first kappa shape index (κ1) is 26.0. The Morgan fingerprint density at radius 1 is 1.11 bits per heavy atom. The first-order valence-electron chi connectivity index (χ1n) is 13.5. The maximum atomic E-state index is 12.1. The lowest BCUT2D eigenvalue weighted by Crippen LogP contribution is -2.52. The van der Waals surface area contributed by atoms with Gasteiger partial charge in [0.25, 0.3) is 5.91 Å². The van der Waals surface area contributed by atoms with Crippen LogP contribution < -0.4 is 20.7 Å². The minimum Gasteiger partial charge on any atom is -0.488 e. The molecule has 1 aromatic heterocycles. The van der Waals surface area contributed by atoms with Crippen LogP contribution in [0.1, 0.15) is 55.2 Å². The molecule has 1 aliphatic carbocycles. The SMILES string of the molecule is CCc1nc(C(N)=O)c(Nc2ccc(N3CCC(N4CCN(C)CC4)CC3)c(OC3CCC3)c2)nc1Cl. The van der Waals surface area contributed by atoms with E-state index in [0.717, 1.165) is 82.1 Å². The fourth-order valence-corrected chi connectivity index (χ4v) is 5.61. The molecule has 0 atom stereocenters. The van der Waals surface area contributed by atoms with Crippen LogP contribution in [0.15, 0.2) is 18.2 Å². The molecule has 1 saturated carbocycles. The molecule has 0 unspecified atom stereocenters. The van der Waals surface area contributed by atoms with E-state index in [9.17, 15) is 4.79 Å². The molecule has 1 amide bonds. The van der Waals surface area contributed by atoms with Crippen LogP contribution >= 0.6 is 11.6 Å². The molecule has 5 rings (SSSR count). The molecule has 10 heteroatoms. The van der Waals surface area contributed by atoms with Gasteiger partial charge in [-0.05, 0) is 57.7 Å². The molecule has 9 nitrogen and oxygen atoms in total. The third kappa shape index (κ3) is 5.94. The number of hydrogen-bond donors (Lipinski definition) is 2. The zero-order valence-electron chi connectivity index (χ0n) is 21.9. The molecule has 2 aromatic rings. The van der Waals surface area contributed by atoms with E-state index in [-0.39, 0.29) is 22.8 Å². The van der Waals surface area contributed by atoms with Gasteiger partial charge in [0.2, 0.25) is 0 Å². The number of likely N-dealkylation sites (N-methyl/N-ethyl adjacent to an activating group) is 1. The monoisotopic (exact) mass is 527 g/mol. The molecule has 3 N–H and O–H groups in total. The number of carbonyl (C=O) groups is 1. The molecule has 2 saturated heterocycles. The number of amides is 1. The van der Waals surface area contributed by atoms with E-state index in [2.05, 4.69) is 43.1 Å². The number of rotatable bonds is 8. The molecule has 3 fully saturated rings. The summed E-state index contributed by atoms with van der Waals surface area (Å²) >= 11 is 6.30. The highest BCUT2D eigenvalue weighted by Crippen LogP contribution is 2.38. The second-order valence-corrected chi connectivity index (χ2v) is 10.8. The summed E-state index contributed by atoms with van der Waals surface area (Å²) in [5, 5.41) is 3.48. The fraction of sp³-hybridized carbons (Fsp3) is 0.593. The summed E-state index contributed by atoms with van der Waals surface area (Å²) in [6, 6.07) is 6.74. The predicted molar refractivity (Wildman–Crippen MR) is 147 cm³/mol. The number of nitrogens with zero attached hydrogens (tertiary/aromatic N) is 5. The number of halogens is 1. The molecular weight excluding hydrogens is 490 g/mol. The Kier molecular flexibility index (Phi) is 8.02. The summed E-state index contributed by atoms with van der Waals surface area (Å²) in [5.41, 5.74) is 8.10. The highest BCUT2D eigenvalue weighted by molar-refractivity contribution is 6.30. The molecule has 0 bridgehead atoms. The maximum Gasteiger partial charge on any atom is 0.271 e. The van der Waals surface area contributed by atoms with Gasteiger partial charge in [0, 0.05) is 57.1 Å². The zero-order chi connectivity index (χ0) is 25.9. The standard InChI is InChI=1S/C27H38ClN7O2/c1-3-21-25(28)32-27(24(31-21)26(29)36)30-18-7-8-22(23(17-18)37-20-5-4-6-20)35-11-9-19(10-12-35)34-15-13-33(2)14-16-34/h7-8,17,19-20H,3-6,9-16H2,1-2H3,(H2,29,36)(H,30,32). The van der Waals surface area contributed by atoms with E-state index in [0.29, 0.717) is 18.2 Å². The summed E-state index contributed by atoms with van der Waals surface area (Å²) in [6.07, 6.45) is 6.48. The van der Waals surface area contributed by atoms with Gasteiger partial charge < -0.3 is 25.6 Å². The van der Waals surface area contributed by atoms with Crippen LogP contribution in [-0.2, 0) is 6.42 Å². The molecule has 0 spiro atoms. The van der Waals surface area contributed by atoms with Crippen LogP contribution in [0.25, 0.3) is 0 Å². The minimum absolute atomic E-state index is 0.0813. The van der Waals surface area contributed by atoms with Crippen LogP contribution in [0.2, 0.25) is 5.15 Å². The predicted octanol–water partition coefficient (Wildman–Crippen LogP) is 3.68. The number of carbonyl (C=O) groups excluding carboxylic acids is 1. The lowest BCUT2D eigenvalue weighted by molar-refractivity contribution is 0.0976. The first-order chi connectivity index (χ1) is 17.9. The van der Waals surface area contributed by atoms with Gasteiger partial charge in [-0.15, -0.1) is 0 Å². The van der Waals surface area contributed by atoms with Gasteiger partial charge in [0.1, 0.15) is 5.75 Å². The van der Waals surface area contributed by atoms with Gasteiger partial charge >= 0.3 is 0 Å². The van der Waals surface area contributed by atoms with Crippen molar-refractivity contribution in [2.24, 2.45) is 5.73 Å². The first-order valence-corrected chi connectivity index (χ1v) is 13.9. The average molecular weight is 528 g/mol. The summed E-state index contributed by atoms with van der Waals surface area (Å²) < 4.78 is 6.45. The summed E-state index contributed by atoms with van der Waals surface area (Å²) in [5.74, 6) is 0.467. The summed E-state index contributed by atoms with van der Waals surface area (Å²) in [6.45, 7) is 8.56. The van der Waals surface area contributed by atoms with E-state index in [1.165, 1.54) is 6.42 Å². The fourth-order valence-electron chi connectivity index (χ4n) is 5.34. The Labute approximate surface area is 224 Å². The molecule has 3 heterocycles. The second kappa shape index (κ2) is 11.4. The lowest BCUT2D eigenvalue weighted by atomic mass is 9.96. The zero-order valence-corrected chi connectivity index (χ0v) is 22.6. The number of primary amides is 1. The van der Waals surface area contributed by atoms with Crippen LogP contribution in [-0.4, -0.2) is 84.1 Å². The number of nitrogens with one attached hydrogen (secondary N) is 1. The number of aromatic nitrogens is 2. The Balaban J connectivity index is 1.34. The quantitative estimate of drug-likeness (QED) is 0.536. The highest BCUT2D eigenvalue weighted by atomic mass is 35.5. The minimum atomic E-state index is -0.646. The van der Waals surface area contributed by atoms with Crippen LogP contribution in [0.3, 0.4) is 0 Å². The third-order valence-electron chi connectivity index (χ3n) is 7.92. The van der Waals surface area contributed by atoms with Crippen molar-refractivity contribution in [2.75, 3.05) is 56.5 Å². The number of hydrogen-bond acceptors (Lipinski definition) is 8. The average Bonchev–Trinajstić information content (AvgIpc) is 2.87. The van der Waals surface area contributed by atoms with Gasteiger partial charge in [0.05, 0.1) is 17.5 Å². The van der Waals surface area contributed by atoms with Crippen LogP contribution in [0.4, 0.5) is 17.2 Å². The number of benzene rings is 1. The number of aryl methyl sites for hydroxylation is 1. The maximum absolute atomic E-state index is 12.1. The Bertz CT molecular complexity index is 1110. The molecule has 0 radical (unpaired) electrons. The Morgan fingerprint density at radius 2 is 1.84 bits per heavy atom. The van der Waals surface area contributed by atoms with Crippen molar-refractivity contribution < 1.29 is 9.53 Å². The lowest BCUT2D eigenvalue weighted by Gasteiger charge is -2.43.